The first-order chi connectivity index (χ1) is 23.9. The molecule has 1 aromatic carbocycles. The van der Waals surface area contributed by atoms with Crippen LogP contribution in [0.1, 0.15) is 114 Å². The molecule has 4 heterocycles. The van der Waals surface area contributed by atoms with Crippen molar-refractivity contribution in [2.24, 2.45) is 0 Å². The van der Waals surface area contributed by atoms with E-state index in [0.29, 0.717) is 30.0 Å². The Kier molecular flexibility index (Phi) is 11.9. The Morgan fingerprint density at radius 1 is 1.06 bits per heavy atom. The molecule has 1 saturated heterocycles. The number of ether oxygens (including phenoxy) is 2. The van der Waals surface area contributed by atoms with Gasteiger partial charge in [0.2, 0.25) is 5.91 Å². The summed E-state index contributed by atoms with van der Waals surface area (Å²) in [5.41, 5.74) is 3.55. The topological polar surface area (TPSA) is 129 Å². The third kappa shape index (κ3) is 8.17. The maximum atomic E-state index is 14.3. The average Bonchev–Trinajstić information content (AvgIpc) is 3.87. The molecule has 0 aliphatic carbocycles. The minimum absolute atomic E-state index is 0.0968. The number of rotatable bonds is 15. The number of carbonyl (C=O) groups is 3. The molecule has 11 nitrogen and oxygen atoms in total. The summed E-state index contributed by atoms with van der Waals surface area (Å²) in [6, 6.07) is 6.00. The standard InChI is InChI=1S/C38H50N6O5S/c1-9-10-11-12-13-29(40-36(46)28-16-17-44(42-28)23(4)5)38(47)43-20-26(18-32(43)25(7)45)49-34-19-30(37-41-31(21-50-37)22(2)3)39-35-24(6)33(48-8)15-14-27(34)35/h14-17,19,21-23,26,29,32H,9-13,18,20H2,1-8H3,(H,40,46)/t26-,29+,32+/m1/s1. The van der Waals surface area contributed by atoms with Crippen molar-refractivity contribution in [3.05, 3.63) is 52.8 Å². The van der Waals surface area contributed by atoms with Gasteiger partial charge in [0.05, 0.1) is 30.9 Å². The van der Waals surface area contributed by atoms with Gasteiger partial charge in [0.25, 0.3) is 5.91 Å². The first-order valence-corrected chi connectivity index (χ1v) is 18.6. The summed E-state index contributed by atoms with van der Waals surface area (Å²) in [6.45, 7) is 14.0. The maximum Gasteiger partial charge on any atom is 0.272 e. The van der Waals surface area contributed by atoms with Crippen LogP contribution in [0.25, 0.3) is 21.6 Å². The van der Waals surface area contributed by atoms with E-state index >= 15 is 0 Å². The van der Waals surface area contributed by atoms with E-state index in [2.05, 4.69) is 36.6 Å². The second kappa shape index (κ2) is 16.1. The van der Waals surface area contributed by atoms with E-state index in [0.717, 1.165) is 52.9 Å². The number of methoxy groups -OCH3 is 1. The number of amides is 2. The molecule has 0 saturated carbocycles. The summed E-state index contributed by atoms with van der Waals surface area (Å²) in [7, 11) is 1.63. The van der Waals surface area contributed by atoms with Crippen LogP contribution in [0.15, 0.2) is 35.8 Å². The van der Waals surface area contributed by atoms with Crippen molar-refractivity contribution in [3.8, 4) is 22.2 Å². The second-order valence-corrected chi connectivity index (χ2v) is 14.6. The van der Waals surface area contributed by atoms with Crippen molar-refractivity contribution in [2.45, 2.75) is 117 Å². The molecular weight excluding hydrogens is 653 g/mol. The molecule has 0 unspecified atom stereocenters. The molecule has 3 atom stereocenters. The van der Waals surface area contributed by atoms with Gasteiger partial charge in [-0.15, -0.1) is 11.3 Å². The summed E-state index contributed by atoms with van der Waals surface area (Å²) in [5, 5.41) is 11.0. The number of ketones is 1. The number of fused-ring (bicyclic) bond motifs is 1. The number of nitrogens with one attached hydrogen (secondary N) is 1. The van der Waals surface area contributed by atoms with Crippen molar-refractivity contribution in [3.63, 3.8) is 0 Å². The molecular formula is C38H50N6O5S. The third-order valence-corrected chi connectivity index (χ3v) is 10.2. The number of hydrogen-bond acceptors (Lipinski definition) is 9. The van der Waals surface area contributed by atoms with E-state index in [9.17, 15) is 14.4 Å². The molecule has 1 aliphatic rings. The summed E-state index contributed by atoms with van der Waals surface area (Å²) in [4.78, 5) is 52.1. The average molecular weight is 703 g/mol. The zero-order valence-electron chi connectivity index (χ0n) is 30.5. The summed E-state index contributed by atoms with van der Waals surface area (Å²) < 4.78 is 14.0. The van der Waals surface area contributed by atoms with Crippen molar-refractivity contribution in [1.29, 1.82) is 0 Å². The van der Waals surface area contributed by atoms with Gasteiger partial charge >= 0.3 is 0 Å². The maximum absolute atomic E-state index is 14.3. The van der Waals surface area contributed by atoms with E-state index in [1.54, 1.807) is 29.0 Å². The number of hydrogen-bond donors (Lipinski definition) is 1. The summed E-state index contributed by atoms with van der Waals surface area (Å²) in [5.74, 6) is 0.779. The second-order valence-electron chi connectivity index (χ2n) is 13.8. The van der Waals surface area contributed by atoms with Crippen molar-refractivity contribution >= 4 is 39.8 Å². The van der Waals surface area contributed by atoms with Gasteiger partial charge in [0.1, 0.15) is 40.0 Å². The number of unbranched alkanes of at least 4 members (excludes halogenated alkanes) is 3. The van der Waals surface area contributed by atoms with E-state index in [1.165, 1.54) is 18.3 Å². The summed E-state index contributed by atoms with van der Waals surface area (Å²) in [6.07, 6.45) is 5.90. The fraction of sp³-hybridized carbons (Fsp3) is 0.526. The number of thiazole rings is 1. The van der Waals surface area contributed by atoms with Crippen LogP contribution < -0.4 is 14.8 Å². The lowest BCUT2D eigenvalue weighted by Crippen LogP contribution is -2.51. The van der Waals surface area contributed by atoms with Crippen LogP contribution in [0, 0.1) is 6.92 Å². The van der Waals surface area contributed by atoms with E-state index in [4.69, 9.17) is 19.4 Å². The van der Waals surface area contributed by atoms with Crippen LogP contribution in [0.2, 0.25) is 0 Å². The lowest BCUT2D eigenvalue weighted by atomic mass is 10.0. The number of nitrogens with zero attached hydrogens (tertiary/aromatic N) is 5. The van der Waals surface area contributed by atoms with Gasteiger partial charge in [-0.2, -0.15) is 5.10 Å². The molecule has 4 aromatic rings. The molecule has 50 heavy (non-hydrogen) atoms. The minimum atomic E-state index is -0.798. The molecule has 12 heteroatoms. The lowest BCUT2D eigenvalue weighted by Gasteiger charge is -2.28. The normalized spacial score (nSPS) is 16.7. The molecule has 1 fully saturated rings. The quantitative estimate of drug-likeness (QED) is 0.128. The molecule has 0 bridgehead atoms. The predicted molar refractivity (Wildman–Crippen MR) is 196 cm³/mol. The van der Waals surface area contributed by atoms with E-state index < -0.39 is 24.1 Å². The van der Waals surface area contributed by atoms with Gasteiger partial charge in [-0.05, 0) is 58.2 Å². The Balaban J connectivity index is 1.43. The zero-order chi connectivity index (χ0) is 36.1. The van der Waals surface area contributed by atoms with Crippen molar-refractivity contribution in [2.75, 3.05) is 13.7 Å². The molecule has 0 radical (unpaired) electrons. The van der Waals surface area contributed by atoms with Gasteiger partial charge in [0, 0.05) is 41.1 Å². The molecule has 268 valence electrons. The van der Waals surface area contributed by atoms with Crippen LogP contribution in [0.4, 0.5) is 0 Å². The summed E-state index contributed by atoms with van der Waals surface area (Å²) >= 11 is 1.54. The Morgan fingerprint density at radius 3 is 2.48 bits per heavy atom. The third-order valence-electron chi connectivity index (χ3n) is 9.33. The largest absolute Gasteiger partial charge is 0.496 e. The Morgan fingerprint density at radius 2 is 1.84 bits per heavy atom. The van der Waals surface area contributed by atoms with Crippen molar-refractivity contribution < 1.29 is 23.9 Å². The van der Waals surface area contributed by atoms with Crippen LogP contribution in [0.3, 0.4) is 0 Å². The number of likely N-dealkylation sites (tertiary alicyclic amines) is 1. The van der Waals surface area contributed by atoms with Gasteiger partial charge in [-0.1, -0.05) is 46.5 Å². The number of aromatic nitrogens is 4. The fourth-order valence-electron chi connectivity index (χ4n) is 6.38. The smallest absolute Gasteiger partial charge is 0.272 e. The highest BCUT2D eigenvalue weighted by atomic mass is 32.1. The van der Waals surface area contributed by atoms with Crippen LogP contribution in [0.5, 0.6) is 11.5 Å². The highest BCUT2D eigenvalue weighted by molar-refractivity contribution is 7.13. The fourth-order valence-corrected chi connectivity index (χ4v) is 7.32. The molecule has 1 N–H and O–H groups in total. The monoisotopic (exact) mass is 702 g/mol. The van der Waals surface area contributed by atoms with Gasteiger partial charge in [0.15, 0.2) is 5.78 Å². The number of carbonyl (C=O) groups excluding carboxylic acids is 3. The van der Waals surface area contributed by atoms with Crippen molar-refractivity contribution in [1.82, 2.24) is 30.0 Å². The lowest BCUT2D eigenvalue weighted by molar-refractivity contribution is -0.138. The van der Waals surface area contributed by atoms with E-state index in [1.807, 2.05) is 39.0 Å². The number of pyridine rings is 1. The molecule has 3 aromatic heterocycles. The molecule has 0 spiro atoms. The van der Waals surface area contributed by atoms with Crippen LogP contribution >= 0.6 is 11.3 Å². The highest BCUT2D eigenvalue weighted by Gasteiger charge is 2.42. The molecule has 2 amide bonds. The Labute approximate surface area is 298 Å². The van der Waals surface area contributed by atoms with E-state index in [-0.39, 0.29) is 35.9 Å². The SMILES string of the molecule is CCCCCC[C@H](NC(=O)c1ccn(C(C)C)n1)C(=O)N1C[C@H](Oc2cc(-c3nc(C(C)C)cs3)nc3c(C)c(OC)ccc23)C[C@H]1C(C)=O. The Hall–Kier alpha value is -4.32. The zero-order valence-corrected chi connectivity index (χ0v) is 31.3. The minimum Gasteiger partial charge on any atom is -0.496 e. The van der Waals surface area contributed by atoms with Crippen LogP contribution in [-0.2, 0) is 9.59 Å². The van der Waals surface area contributed by atoms with Gasteiger partial charge in [-0.25, -0.2) is 9.97 Å². The number of Topliss-reactive ketones (excluding diaryl/α,β-unsaturated/α-hetero) is 1. The number of aryl methyl sites for hydroxylation is 1. The predicted octanol–water partition coefficient (Wildman–Crippen LogP) is 7.28. The first kappa shape index (κ1) is 36.9. The number of benzene rings is 1. The van der Waals surface area contributed by atoms with Gasteiger partial charge < -0.3 is 19.7 Å². The van der Waals surface area contributed by atoms with Gasteiger partial charge in [-0.3, -0.25) is 19.1 Å². The first-order valence-electron chi connectivity index (χ1n) is 17.7. The molecule has 1 aliphatic heterocycles. The van der Waals surface area contributed by atoms with Crippen LogP contribution in [-0.4, -0.2) is 74.1 Å². The Bertz CT molecular complexity index is 1830. The molecule has 5 rings (SSSR count). The highest BCUT2D eigenvalue weighted by Crippen LogP contribution is 2.38.